The number of carbonyl (C=O) groups excluding carboxylic acids is 2. The van der Waals surface area contributed by atoms with E-state index in [0.29, 0.717) is 38.7 Å². The van der Waals surface area contributed by atoms with Gasteiger partial charge in [0.05, 0.1) is 20.6 Å². The van der Waals surface area contributed by atoms with Gasteiger partial charge in [-0.2, -0.15) is 0 Å². The summed E-state index contributed by atoms with van der Waals surface area (Å²) in [5.74, 6) is -0.0596. The fourth-order valence-corrected chi connectivity index (χ4v) is 4.77. The normalized spacial score (nSPS) is 15.0. The number of imide groups is 1. The topological polar surface area (TPSA) is 46.6 Å². The average Bonchev–Trinajstić information content (AvgIpc) is 3.01. The van der Waals surface area contributed by atoms with Gasteiger partial charge in [-0.15, -0.1) is 0 Å². The molecule has 0 aromatic heterocycles. The van der Waals surface area contributed by atoms with E-state index in [0.717, 1.165) is 27.8 Å². The molecule has 1 aliphatic heterocycles. The first-order valence-corrected chi connectivity index (χ1v) is 11.5. The Balaban J connectivity index is 1.54. The van der Waals surface area contributed by atoms with Gasteiger partial charge in [-0.3, -0.25) is 9.59 Å². The summed E-state index contributed by atoms with van der Waals surface area (Å²) in [6, 6.07) is 17.7. The molecule has 0 unspecified atom stereocenters. The predicted molar refractivity (Wildman–Crippen MR) is 132 cm³/mol. The van der Waals surface area contributed by atoms with Crippen molar-refractivity contribution in [3.05, 3.63) is 97.3 Å². The maximum atomic E-state index is 12.8. The van der Waals surface area contributed by atoms with Gasteiger partial charge < -0.3 is 4.74 Å². The number of benzene rings is 3. The van der Waals surface area contributed by atoms with Crippen LogP contribution in [0.15, 0.2) is 65.6 Å². The van der Waals surface area contributed by atoms with Crippen molar-refractivity contribution in [3.63, 3.8) is 0 Å². The third kappa shape index (κ3) is 4.97. The molecule has 4 rings (SSSR count). The van der Waals surface area contributed by atoms with Crippen molar-refractivity contribution in [3.8, 4) is 5.75 Å². The molecule has 1 aliphatic rings. The van der Waals surface area contributed by atoms with E-state index in [1.54, 1.807) is 42.5 Å². The zero-order valence-corrected chi connectivity index (χ0v) is 19.9. The van der Waals surface area contributed by atoms with Crippen LogP contribution in [0.25, 0.3) is 6.08 Å². The number of amides is 2. The van der Waals surface area contributed by atoms with Crippen molar-refractivity contribution in [1.82, 2.24) is 0 Å². The molecule has 0 N–H and O–H groups in total. The number of rotatable bonds is 5. The first-order chi connectivity index (χ1) is 15.3. The summed E-state index contributed by atoms with van der Waals surface area (Å²) in [5.41, 5.74) is 3.17. The number of hydrogen-bond donors (Lipinski definition) is 0. The lowest BCUT2D eigenvalue weighted by Crippen LogP contribution is -2.27. The summed E-state index contributed by atoms with van der Waals surface area (Å²) < 4.78 is 5.83. The monoisotopic (exact) mass is 503 g/mol. The molecule has 162 valence electrons. The van der Waals surface area contributed by atoms with Gasteiger partial charge in [0.2, 0.25) is 0 Å². The van der Waals surface area contributed by atoms with Crippen LogP contribution in [0.5, 0.6) is 5.75 Å². The van der Waals surface area contributed by atoms with Crippen LogP contribution in [0.4, 0.5) is 10.5 Å². The summed E-state index contributed by atoms with van der Waals surface area (Å²) in [6.07, 6.45) is 1.59. The van der Waals surface area contributed by atoms with Crippen molar-refractivity contribution in [1.29, 1.82) is 0 Å². The summed E-state index contributed by atoms with van der Waals surface area (Å²) in [6.45, 7) is 2.33. The molecule has 1 heterocycles. The largest absolute Gasteiger partial charge is 0.486 e. The highest BCUT2D eigenvalue weighted by atomic mass is 35.5. The second kappa shape index (κ2) is 9.59. The number of nitrogens with zero attached hydrogens (tertiary/aromatic N) is 1. The highest BCUT2D eigenvalue weighted by molar-refractivity contribution is 8.19. The summed E-state index contributed by atoms with van der Waals surface area (Å²) >= 11 is 19.5. The number of anilines is 1. The molecule has 32 heavy (non-hydrogen) atoms. The maximum absolute atomic E-state index is 12.8. The molecule has 2 amide bonds. The van der Waals surface area contributed by atoms with Crippen molar-refractivity contribution < 1.29 is 14.3 Å². The quantitative estimate of drug-likeness (QED) is 0.333. The van der Waals surface area contributed by atoms with Crippen LogP contribution in [0.2, 0.25) is 15.1 Å². The second-order valence-electron chi connectivity index (χ2n) is 7.08. The van der Waals surface area contributed by atoms with Crippen LogP contribution in [-0.2, 0) is 11.4 Å². The third-order valence-electron chi connectivity index (χ3n) is 4.66. The number of aryl methyl sites for hydroxylation is 1. The lowest BCUT2D eigenvalue weighted by molar-refractivity contribution is -0.113. The van der Waals surface area contributed by atoms with Gasteiger partial charge in [-0.25, -0.2) is 4.90 Å². The predicted octanol–water partition coefficient (Wildman–Crippen LogP) is 7.78. The molecule has 3 aromatic carbocycles. The van der Waals surface area contributed by atoms with Gasteiger partial charge in [0.1, 0.15) is 6.61 Å². The molecule has 0 bridgehead atoms. The molecule has 1 saturated heterocycles. The van der Waals surface area contributed by atoms with Crippen LogP contribution >= 0.6 is 46.6 Å². The molecule has 0 radical (unpaired) electrons. The van der Waals surface area contributed by atoms with Crippen molar-refractivity contribution in [2.45, 2.75) is 13.5 Å². The van der Waals surface area contributed by atoms with E-state index in [1.165, 1.54) is 0 Å². The molecular formula is C24H16Cl3NO3S. The summed E-state index contributed by atoms with van der Waals surface area (Å²) in [7, 11) is 0. The fourth-order valence-electron chi connectivity index (χ4n) is 3.19. The number of carbonyl (C=O) groups is 2. The summed E-state index contributed by atoms with van der Waals surface area (Å²) in [5, 5.41) is 0.755. The zero-order chi connectivity index (χ0) is 22.8. The molecule has 0 saturated carbocycles. The summed E-state index contributed by atoms with van der Waals surface area (Å²) in [4.78, 5) is 26.6. The molecule has 0 atom stereocenters. The Morgan fingerprint density at radius 2 is 1.66 bits per heavy atom. The molecule has 0 aliphatic carbocycles. The highest BCUT2D eigenvalue weighted by Gasteiger charge is 2.36. The SMILES string of the molecule is Cc1cccc(COc2c(Cl)cc(/C=C3/SC(=O)N(c4ccc(Cl)cc4)C3=O)cc2Cl)c1. The molecule has 0 spiro atoms. The number of ether oxygens (including phenoxy) is 1. The Hall–Kier alpha value is -2.44. The molecule has 1 fully saturated rings. The zero-order valence-electron chi connectivity index (χ0n) is 16.8. The minimum Gasteiger partial charge on any atom is -0.486 e. The van der Waals surface area contributed by atoms with E-state index in [2.05, 4.69) is 0 Å². The van der Waals surface area contributed by atoms with Crippen LogP contribution in [-0.4, -0.2) is 11.1 Å². The molecule has 3 aromatic rings. The van der Waals surface area contributed by atoms with E-state index >= 15 is 0 Å². The third-order valence-corrected chi connectivity index (χ3v) is 6.35. The van der Waals surface area contributed by atoms with Crippen molar-refractivity contribution >= 4 is 69.5 Å². The van der Waals surface area contributed by atoms with E-state index in [9.17, 15) is 9.59 Å². The van der Waals surface area contributed by atoms with E-state index in [-0.39, 0.29) is 10.1 Å². The number of halogens is 3. The Kier molecular flexibility index (Phi) is 6.82. The Morgan fingerprint density at radius 1 is 0.969 bits per heavy atom. The second-order valence-corrected chi connectivity index (χ2v) is 9.33. The Bertz CT molecular complexity index is 1220. The maximum Gasteiger partial charge on any atom is 0.298 e. The van der Waals surface area contributed by atoms with Crippen LogP contribution in [0.1, 0.15) is 16.7 Å². The van der Waals surface area contributed by atoms with Gasteiger partial charge >= 0.3 is 0 Å². The lowest BCUT2D eigenvalue weighted by atomic mass is 10.1. The number of hydrogen-bond acceptors (Lipinski definition) is 4. The number of thioether (sulfide) groups is 1. The van der Waals surface area contributed by atoms with E-state index in [4.69, 9.17) is 39.5 Å². The van der Waals surface area contributed by atoms with E-state index < -0.39 is 5.91 Å². The Morgan fingerprint density at radius 3 is 2.31 bits per heavy atom. The van der Waals surface area contributed by atoms with Gasteiger partial charge in [0.25, 0.3) is 11.1 Å². The van der Waals surface area contributed by atoms with Crippen LogP contribution < -0.4 is 9.64 Å². The van der Waals surface area contributed by atoms with Gasteiger partial charge in [-0.1, -0.05) is 64.6 Å². The lowest BCUT2D eigenvalue weighted by Gasteiger charge is -2.12. The van der Waals surface area contributed by atoms with Gasteiger partial charge in [0.15, 0.2) is 5.75 Å². The molecule has 4 nitrogen and oxygen atoms in total. The minimum absolute atomic E-state index is 0.269. The van der Waals surface area contributed by atoms with Gasteiger partial charge in [-0.05, 0) is 72.3 Å². The van der Waals surface area contributed by atoms with E-state index in [1.807, 2.05) is 31.2 Å². The average molecular weight is 505 g/mol. The fraction of sp³-hybridized carbons (Fsp3) is 0.0833. The van der Waals surface area contributed by atoms with Crippen LogP contribution in [0, 0.1) is 6.92 Å². The Labute approximate surface area is 204 Å². The van der Waals surface area contributed by atoms with Crippen LogP contribution in [0.3, 0.4) is 0 Å². The molecular weight excluding hydrogens is 489 g/mol. The first-order valence-electron chi connectivity index (χ1n) is 9.53. The minimum atomic E-state index is -0.422. The molecule has 8 heteroatoms. The smallest absolute Gasteiger partial charge is 0.298 e. The van der Waals surface area contributed by atoms with Crippen molar-refractivity contribution in [2.24, 2.45) is 0 Å². The standard InChI is InChI=1S/C24H16Cl3NO3S/c1-14-3-2-4-15(9-14)13-31-22-19(26)10-16(11-20(22)27)12-21-23(29)28(24(30)32-21)18-7-5-17(25)6-8-18/h2-12H,13H2,1H3/b21-12+. The van der Waals surface area contributed by atoms with Crippen molar-refractivity contribution in [2.75, 3.05) is 4.90 Å². The first kappa shape index (κ1) is 22.7. The van der Waals surface area contributed by atoms with Gasteiger partial charge in [0, 0.05) is 5.02 Å². The highest BCUT2D eigenvalue weighted by Crippen LogP contribution is 2.39.